The number of nitrogens with zero attached hydrogens (tertiary/aromatic N) is 2. The molecule has 0 radical (unpaired) electrons. The van der Waals surface area contributed by atoms with Crippen LogP contribution in [-0.4, -0.2) is 41.6 Å². The van der Waals surface area contributed by atoms with Gasteiger partial charge in [0.2, 0.25) is 0 Å². The lowest BCUT2D eigenvalue weighted by molar-refractivity contribution is 0.0943. The lowest BCUT2D eigenvalue weighted by Gasteiger charge is -2.43. The number of aromatic nitrogens is 1. The highest BCUT2D eigenvalue weighted by atomic mass is 15.2. The van der Waals surface area contributed by atoms with E-state index >= 15 is 0 Å². The van der Waals surface area contributed by atoms with E-state index in [1.807, 2.05) is 25.5 Å². The number of likely N-dealkylation sites (N-methyl/N-ethyl adjacent to an activating group) is 2. The topological polar surface area (TPSA) is 28.2 Å². The molecule has 3 heteroatoms. The van der Waals surface area contributed by atoms with Crippen molar-refractivity contribution in [1.29, 1.82) is 0 Å². The summed E-state index contributed by atoms with van der Waals surface area (Å²) in [5.74, 6) is 0. The highest BCUT2D eigenvalue weighted by molar-refractivity contribution is 5.12. The Balaban J connectivity index is 2.82. The van der Waals surface area contributed by atoms with Gasteiger partial charge in [0.05, 0.1) is 0 Å². The van der Waals surface area contributed by atoms with Gasteiger partial charge in [0.15, 0.2) is 0 Å². The standard InChI is InChI=1S/C15H27N3/c1-6-18(7-2)15(3,4)14(16-5)11-13-9-8-10-17-12-13/h8-10,12,14,16H,6-7,11H2,1-5H3. The fraction of sp³-hybridized carbons (Fsp3) is 0.667. The van der Waals surface area contributed by atoms with Gasteiger partial charge in [-0.15, -0.1) is 0 Å². The molecule has 1 heterocycles. The van der Waals surface area contributed by atoms with Gasteiger partial charge >= 0.3 is 0 Å². The molecular weight excluding hydrogens is 222 g/mol. The smallest absolute Gasteiger partial charge is 0.0309 e. The van der Waals surface area contributed by atoms with E-state index in [1.165, 1.54) is 5.56 Å². The van der Waals surface area contributed by atoms with E-state index in [9.17, 15) is 0 Å². The monoisotopic (exact) mass is 249 g/mol. The number of rotatable bonds is 7. The maximum absolute atomic E-state index is 4.20. The highest BCUT2D eigenvalue weighted by Crippen LogP contribution is 2.21. The molecule has 1 unspecified atom stereocenters. The molecule has 0 saturated carbocycles. The van der Waals surface area contributed by atoms with Gasteiger partial charge in [0.25, 0.3) is 0 Å². The number of hydrogen-bond donors (Lipinski definition) is 1. The maximum atomic E-state index is 4.20. The second kappa shape index (κ2) is 6.86. The molecule has 0 aliphatic heterocycles. The molecule has 0 fully saturated rings. The lowest BCUT2D eigenvalue weighted by atomic mass is 9.88. The third-order valence-electron chi connectivity index (χ3n) is 3.94. The van der Waals surface area contributed by atoms with Crippen molar-refractivity contribution in [2.75, 3.05) is 20.1 Å². The summed E-state index contributed by atoms with van der Waals surface area (Å²) < 4.78 is 0. The van der Waals surface area contributed by atoms with Crippen LogP contribution in [0.25, 0.3) is 0 Å². The minimum atomic E-state index is 0.133. The molecule has 0 saturated heterocycles. The van der Waals surface area contributed by atoms with Crippen molar-refractivity contribution in [2.24, 2.45) is 0 Å². The summed E-state index contributed by atoms with van der Waals surface area (Å²) >= 11 is 0. The van der Waals surface area contributed by atoms with Crippen molar-refractivity contribution >= 4 is 0 Å². The second-order valence-electron chi connectivity index (χ2n) is 5.23. The summed E-state index contributed by atoms with van der Waals surface area (Å²) in [6, 6.07) is 4.57. The molecule has 1 rings (SSSR count). The van der Waals surface area contributed by atoms with E-state index in [2.05, 4.69) is 49.0 Å². The SMILES string of the molecule is CCN(CC)C(C)(C)C(Cc1cccnc1)NC. The molecule has 102 valence electrons. The van der Waals surface area contributed by atoms with Gasteiger partial charge in [-0.1, -0.05) is 19.9 Å². The zero-order chi connectivity index (χ0) is 13.6. The van der Waals surface area contributed by atoms with Crippen LogP contribution in [0.1, 0.15) is 33.3 Å². The number of hydrogen-bond acceptors (Lipinski definition) is 3. The Kier molecular flexibility index (Phi) is 5.76. The minimum absolute atomic E-state index is 0.133. The molecule has 1 N–H and O–H groups in total. The molecule has 0 aromatic carbocycles. The van der Waals surface area contributed by atoms with Gasteiger partial charge < -0.3 is 5.32 Å². The molecule has 1 aromatic rings. The van der Waals surface area contributed by atoms with Gasteiger partial charge in [0, 0.05) is 24.0 Å². The first-order valence-electron chi connectivity index (χ1n) is 6.87. The quantitative estimate of drug-likeness (QED) is 0.804. The third-order valence-corrected chi connectivity index (χ3v) is 3.94. The number of nitrogens with one attached hydrogen (secondary N) is 1. The molecule has 0 amide bonds. The summed E-state index contributed by atoms with van der Waals surface area (Å²) in [7, 11) is 2.05. The van der Waals surface area contributed by atoms with Crippen LogP contribution in [0.2, 0.25) is 0 Å². The van der Waals surface area contributed by atoms with E-state index in [0.29, 0.717) is 6.04 Å². The molecule has 3 nitrogen and oxygen atoms in total. The van der Waals surface area contributed by atoms with E-state index in [4.69, 9.17) is 0 Å². The van der Waals surface area contributed by atoms with E-state index in [1.54, 1.807) is 0 Å². The molecule has 0 spiro atoms. The first kappa shape index (κ1) is 15.1. The fourth-order valence-electron chi connectivity index (χ4n) is 2.72. The Morgan fingerprint density at radius 2 is 2.00 bits per heavy atom. The largest absolute Gasteiger partial charge is 0.315 e. The van der Waals surface area contributed by atoms with Gasteiger partial charge in [-0.25, -0.2) is 0 Å². The highest BCUT2D eigenvalue weighted by Gasteiger charge is 2.32. The summed E-state index contributed by atoms with van der Waals surface area (Å²) in [4.78, 5) is 6.70. The summed E-state index contributed by atoms with van der Waals surface area (Å²) in [5, 5.41) is 3.47. The summed E-state index contributed by atoms with van der Waals surface area (Å²) in [5.41, 5.74) is 1.42. The summed E-state index contributed by atoms with van der Waals surface area (Å²) in [6.07, 6.45) is 4.80. The Morgan fingerprint density at radius 1 is 1.33 bits per heavy atom. The number of pyridine rings is 1. The van der Waals surface area contributed by atoms with Crippen molar-refractivity contribution in [3.8, 4) is 0 Å². The van der Waals surface area contributed by atoms with Crippen LogP contribution in [0.3, 0.4) is 0 Å². The van der Waals surface area contributed by atoms with Crippen molar-refractivity contribution in [3.05, 3.63) is 30.1 Å². The van der Waals surface area contributed by atoms with Crippen molar-refractivity contribution < 1.29 is 0 Å². The zero-order valence-electron chi connectivity index (χ0n) is 12.4. The third kappa shape index (κ3) is 3.53. The van der Waals surface area contributed by atoms with Gasteiger partial charge in [-0.05, 0) is 52.0 Å². The van der Waals surface area contributed by atoms with E-state index in [0.717, 1.165) is 19.5 Å². The Hall–Kier alpha value is -0.930. The normalized spacial score (nSPS) is 13.9. The second-order valence-corrected chi connectivity index (χ2v) is 5.23. The summed E-state index contributed by atoms with van der Waals surface area (Å²) in [6.45, 7) is 11.2. The van der Waals surface area contributed by atoms with E-state index < -0.39 is 0 Å². The van der Waals surface area contributed by atoms with Crippen molar-refractivity contribution in [3.63, 3.8) is 0 Å². The first-order valence-corrected chi connectivity index (χ1v) is 6.87. The molecule has 1 aromatic heterocycles. The average Bonchev–Trinajstić information content (AvgIpc) is 2.38. The van der Waals surface area contributed by atoms with Crippen LogP contribution in [-0.2, 0) is 6.42 Å². The Bertz CT molecular complexity index is 331. The van der Waals surface area contributed by atoms with Gasteiger partial charge in [-0.3, -0.25) is 9.88 Å². The Morgan fingerprint density at radius 3 is 2.44 bits per heavy atom. The Labute approximate surface area is 112 Å². The van der Waals surface area contributed by atoms with E-state index in [-0.39, 0.29) is 5.54 Å². The molecule has 1 atom stereocenters. The lowest BCUT2D eigenvalue weighted by Crippen LogP contribution is -2.57. The van der Waals surface area contributed by atoms with Crippen LogP contribution < -0.4 is 5.32 Å². The molecule has 0 aliphatic carbocycles. The van der Waals surface area contributed by atoms with Crippen molar-refractivity contribution in [1.82, 2.24) is 15.2 Å². The maximum Gasteiger partial charge on any atom is 0.0309 e. The van der Waals surface area contributed by atoms with Gasteiger partial charge in [-0.2, -0.15) is 0 Å². The van der Waals surface area contributed by atoms with Gasteiger partial charge in [0.1, 0.15) is 0 Å². The zero-order valence-corrected chi connectivity index (χ0v) is 12.4. The molecule has 0 bridgehead atoms. The molecular formula is C15H27N3. The first-order chi connectivity index (χ1) is 8.56. The van der Waals surface area contributed by atoms with Crippen LogP contribution in [0.4, 0.5) is 0 Å². The fourth-order valence-corrected chi connectivity index (χ4v) is 2.72. The minimum Gasteiger partial charge on any atom is -0.315 e. The predicted molar refractivity (Wildman–Crippen MR) is 77.8 cm³/mol. The molecule has 0 aliphatic rings. The van der Waals surface area contributed by atoms with Crippen LogP contribution >= 0.6 is 0 Å². The average molecular weight is 249 g/mol. The molecule has 18 heavy (non-hydrogen) atoms. The van der Waals surface area contributed by atoms with Crippen LogP contribution in [0.15, 0.2) is 24.5 Å². The van der Waals surface area contributed by atoms with Crippen LogP contribution in [0.5, 0.6) is 0 Å². The van der Waals surface area contributed by atoms with Crippen LogP contribution in [0, 0.1) is 0 Å². The van der Waals surface area contributed by atoms with Crippen molar-refractivity contribution in [2.45, 2.75) is 45.7 Å². The predicted octanol–water partition coefficient (Wildman–Crippen LogP) is 2.33.